The van der Waals surface area contributed by atoms with E-state index in [0.29, 0.717) is 10.7 Å². The maximum atomic E-state index is 13.2. The Bertz CT molecular complexity index is 917. The summed E-state index contributed by atoms with van der Waals surface area (Å²) in [6, 6.07) is 4.59. The van der Waals surface area contributed by atoms with Gasteiger partial charge in [-0.05, 0) is 31.0 Å². The fourth-order valence-electron chi connectivity index (χ4n) is 3.05. The Kier molecular flexibility index (Phi) is 6.21. The molecule has 154 valence electrons. The number of hydrogen-bond donors (Lipinski definition) is 2. The maximum absolute atomic E-state index is 13.2. The molecule has 0 aliphatic carbocycles. The van der Waals surface area contributed by atoms with Gasteiger partial charge in [0.25, 0.3) is 5.91 Å². The van der Waals surface area contributed by atoms with E-state index < -0.39 is 35.7 Å². The highest BCUT2D eigenvalue weighted by Crippen LogP contribution is 2.29. The number of rotatable bonds is 8. The molecule has 1 aliphatic rings. The van der Waals surface area contributed by atoms with Gasteiger partial charge in [0.1, 0.15) is 22.9 Å². The van der Waals surface area contributed by atoms with E-state index in [1.807, 2.05) is 0 Å². The van der Waals surface area contributed by atoms with Crippen molar-refractivity contribution in [3.63, 3.8) is 0 Å². The first-order chi connectivity index (χ1) is 13.8. The molecule has 8 nitrogen and oxygen atoms in total. The molecule has 3 rings (SSSR count). The van der Waals surface area contributed by atoms with Crippen LogP contribution in [0.2, 0.25) is 0 Å². The number of aryl methyl sites for hydroxylation is 1. The standard InChI is InChI=1S/C19H22FN5O3S/c1-3-4-5-6-15-23-24-17(29-15)21-14(26)11-25-16(27)19(2,22-18(25)28)12-7-9-13(20)10-8-12/h7-10H,3-6,11H2,1-2H3,(H,22,28)(H,21,24,26)/t19-/m0/s1. The van der Waals surface area contributed by atoms with Crippen molar-refractivity contribution in [2.24, 2.45) is 0 Å². The second kappa shape index (κ2) is 8.64. The number of imide groups is 1. The van der Waals surface area contributed by atoms with Gasteiger partial charge in [-0.3, -0.25) is 19.8 Å². The molecular weight excluding hydrogens is 397 g/mol. The van der Waals surface area contributed by atoms with Crippen LogP contribution in [0.4, 0.5) is 14.3 Å². The van der Waals surface area contributed by atoms with Crippen molar-refractivity contribution >= 4 is 34.3 Å². The quantitative estimate of drug-likeness (QED) is 0.506. The van der Waals surface area contributed by atoms with Gasteiger partial charge < -0.3 is 5.32 Å². The number of hydrogen-bond acceptors (Lipinski definition) is 6. The van der Waals surface area contributed by atoms with E-state index in [2.05, 4.69) is 27.8 Å². The van der Waals surface area contributed by atoms with Crippen LogP contribution in [-0.2, 0) is 21.5 Å². The summed E-state index contributed by atoms with van der Waals surface area (Å²) in [6.07, 6.45) is 4.00. The van der Waals surface area contributed by atoms with Crippen LogP contribution >= 0.6 is 11.3 Å². The van der Waals surface area contributed by atoms with Crippen molar-refractivity contribution in [3.8, 4) is 0 Å². The minimum absolute atomic E-state index is 0.329. The van der Waals surface area contributed by atoms with Crippen LogP contribution in [0.25, 0.3) is 0 Å². The van der Waals surface area contributed by atoms with E-state index in [9.17, 15) is 18.8 Å². The van der Waals surface area contributed by atoms with Crippen LogP contribution in [-0.4, -0.2) is 39.5 Å². The van der Waals surface area contributed by atoms with Gasteiger partial charge >= 0.3 is 6.03 Å². The highest BCUT2D eigenvalue weighted by Gasteiger charge is 2.49. The number of anilines is 1. The fourth-order valence-corrected chi connectivity index (χ4v) is 3.85. The zero-order valence-corrected chi connectivity index (χ0v) is 17.0. The van der Waals surface area contributed by atoms with Crippen molar-refractivity contribution in [2.75, 3.05) is 11.9 Å². The maximum Gasteiger partial charge on any atom is 0.325 e. The highest BCUT2D eigenvalue weighted by atomic mass is 32.1. The SMILES string of the molecule is CCCCCc1nnc(NC(=O)CN2C(=O)N[C@@](C)(c3ccc(F)cc3)C2=O)s1. The summed E-state index contributed by atoms with van der Waals surface area (Å²) in [6.45, 7) is 3.18. The number of aromatic nitrogens is 2. The van der Waals surface area contributed by atoms with Crippen LogP contribution in [0.3, 0.4) is 0 Å². The largest absolute Gasteiger partial charge is 0.325 e. The summed E-state index contributed by atoms with van der Waals surface area (Å²) < 4.78 is 13.2. The molecule has 4 amide bonds. The van der Waals surface area contributed by atoms with Crippen molar-refractivity contribution < 1.29 is 18.8 Å². The molecule has 2 heterocycles. The van der Waals surface area contributed by atoms with Crippen molar-refractivity contribution in [3.05, 3.63) is 40.7 Å². The Hall–Kier alpha value is -2.88. The van der Waals surface area contributed by atoms with Crippen LogP contribution in [0.15, 0.2) is 24.3 Å². The lowest BCUT2D eigenvalue weighted by molar-refractivity contribution is -0.133. The van der Waals surface area contributed by atoms with Crippen molar-refractivity contribution in [2.45, 2.75) is 45.1 Å². The molecule has 1 aromatic heterocycles. The Morgan fingerprint density at radius 1 is 1.24 bits per heavy atom. The molecule has 1 atom stereocenters. The molecule has 0 saturated carbocycles. The van der Waals surface area contributed by atoms with Crippen molar-refractivity contribution in [1.82, 2.24) is 20.4 Å². The Morgan fingerprint density at radius 2 is 1.97 bits per heavy atom. The number of benzene rings is 1. The molecule has 2 aromatic rings. The minimum Gasteiger partial charge on any atom is -0.319 e. The molecular formula is C19H22FN5O3S. The second-order valence-electron chi connectivity index (χ2n) is 6.96. The second-order valence-corrected chi connectivity index (χ2v) is 8.02. The first-order valence-electron chi connectivity index (χ1n) is 9.36. The zero-order valence-electron chi connectivity index (χ0n) is 16.2. The number of nitrogens with zero attached hydrogens (tertiary/aromatic N) is 3. The van der Waals surface area contributed by atoms with E-state index in [1.165, 1.54) is 42.5 Å². The van der Waals surface area contributed by atoms with Gasteiger partial charge in [0.15, 0.2) is 0 Å². The molecule has 2 N–H and O–H groups in total. The van der Waals surface area contributed by atoms with Gasteiger partial charge in [0.05, 0.1) is 0 Å². The number of carbonyl (C=O) groups is 3. The molecule has 10 heteroatoms. The van der Waals surface area contributed by atoms with Gasteiger partial charge in [0, 0.05) is 6.42 Å². The summed E-state index contributed by atoms with van der Waals surface area (Å²) in [5.41, 5.74) is -0.929. The molecule has 0 radical (unpaired) electrons. The molecule has 1 aromatic carbocycles. The van der Waals surface area contributed by atoms with Crippen molar-refractivity contribution in [1.29, 1.82) is 0 Å². The van der Waals surface area contributed by atoms with Crippen LogP contribution in [0.1, 0.15) is 43.7 Å². The minimum atomic E-state index is -1.36. The van der Waals surface area contributed by atoms with Crippen LogP contribution in [0.5, 0.6) is 0 Å². The fraction of sp³-hybridized carbons (Fsp3) is 0.421. The molecule has 0 unspecified atom stereocenters. The lowest BCUT2D eigenvalue weighted by atomic mass is 9.92. The summed E-state index contributed by atoms with van der Waals surface area (Å²) in [7, 11) is 0. The number of nitrogens with one attached hydrogen (secondary N) is 2. The molecule has 0 bridgehead atoms. The molecule has 29 heavy (non-hydrogen) atoms. The summed E-state index contributed by atoms with van der Waals surface area (Å²) in [5, 5.41) is 14.3. The lowest BCUT2D eigenvalue weighted by Crippen LogP contribution is -2.42. The highest BCUT2D eigenvalue weighted by molar-refractivity contribution is 7.15. The van der Waals surface area contributed by atoms with Gasteiger partial charge in [0.2, 0.25) is 11.0 Å². The van der Waals surface area contributed by atoms with Gasteiger partial charge in [-0.2, -0.15) is 0 Å². The zero-order chi connectivity index (χ0) is 21.0. The third-order valence-corrected chi connectivity index (χ3v) is 5.60. The normalized spacial score (nSPS) is 18.8. The first kappa shape index (κ1) is 20.8. The predicted molar refractivity (Wildman–Crippen MR) is 106 cm³/mol. The third-order valence-electron chi connectivity index (χ3n) is 4.71. The molecule has 1 aliphatic heterocycles. The number of halogens is 1. The predicted octanol–water partition coefficient (Wildman–Crippen LogP) is 2.82. The van der Waals surface area contributed by atoms with Crippen LogP contribution in [0, 0.1) is 5.82 Å². The monoisotopic (exact) mass is 419 g/mol. The summed E-state index contributed by atoms with van der Waals surface area (Å²) >= 11 is 1.28. The average molecular weight is 419 g/mol. The number of unbranched alkanes of at least 4 members (excludes halogenated alkanes) is 2. The Morgan fingerprint density at radius 3 is 2.66 bits per heavy atom. The molecule has 0 spiro atoms. The van der Waals surface area contributed by atoms with E-state index in [0.717, 1.165) is 35.6 Å². The van der Waals surface area contributed by atoms with Gasteiger partial charge in [-0.1, -0.05) is 43.2 Å². The van der Waals surface area contributed by atoms with Crippen LogP contribution < -0.4 is 10.6 Å². The van der Waals surface area contributed by atoms with E-state index >= 15 is 0 Å². The van der Waals surface area contributed by atoms with Gasteiger partial charge in [-0.25, -0.2) is 9.18 Å². The van der Waals surface area contributed by atoms with E-state index in [4.69, 9.17) is 0 Å². The average Bonchev–Trinajstić information content (AvgIpc) is 3.21. The lowest BCUT2D eigenvalue weighted by Gasteiger charge is -2.22. The van der Waals surface area contributed by atoms with Gasteiger partial charge in [-0.15, -0.1) is 10.2 Å². The first-order valence-corrected chi connectivity index (χ1v) is 10.2. The number of carbonyl (C=O) groups excluding carboxylic acids is 3. The smallest absolute Gasteiger partial charge is 0.319 e. The molecule has 1 fully saturated rings. The topological polar surface area (TPSA) is 104 Å². The Balaban J connectivity index is 1.62. The summed E-state index contributed by atoms with van der Waals surface area (Å²) in [5.74, 6) is -1.58. The summed E-state index contributed by atoms with van der Waals surface area (Å²) in [4.78, 5) is 38.3. The number of amides is 4. The third kappa shape index (κ3) is 4.58. The van der Waals surface area contributed by atoms with E-state index in [-0.39, 0.29) is 0 Å². The molecule has 1 saturated heterocycles. The Labute approximate surface area is 171 Å². The number of urea groups is 1. The van der Waals surface area contributed by atoms with E-state index in [1.54, 1.807) is 0 Å².